The first-order valence-corrected chi connectivity index (χ1v) is 10.2. The van der Waals surface area contributed by atoms with Crippen LogP contribution in [-0.4, -0.2) is 39.4 Å². The maximum atomic E-state index is 11.4. The lowest BCUT2D eigenvalue weighted by molar-refractivity contribution is -0.132. The lowest BCUT2D eigenvalue weighted by atomic mass is 10.0. The van der Waals surface area contributed by atoms with Gasteiger partial charge in [0, 0.05) is 13.1 Å². The molecule has 0 amide bonds. The lowest BCUT2D eigenvalue weighted by Gasteiger charge is -2.14. The average Bonchev–Trinajstić information content (AvgIpc) is 3.21. The third-order valence-electron chi connectivity index (χ3n) is 4.59. The number of methoxy groups -OCH3 is 1. The van der Waals surface area contributed by atoms with Gasteiger partial charge >= 0.3 is 5.97 Å². The molecule has 32 heavy (non-hydrogen) atoms. The summed E-state index contributed by atoms with van der Waals surface area (Å²) in [5, 5.41) is 13.6. The number of ether oxygens (including phenoxy) is 3. The Kier molecular flexibility index (Phi) is 7.39. The molecule has 0 radical (unpaired) electrons. The molecule has 0 unspecified atom stereocenters. The zero-order chi connectivity index (χ0) is 23.1. The summed E-state index contributed by atoms with van der Waals surface area (Å²) in [6.45, 7) is 5.88. The monoisotopic (exact) mass is 435 g/mol. The van der Waals surface area contributed by atoms with Gasteiger partial charge < -0.3 is 14.2 Å². The zero-order valence-corrected chi connectivity index (χ0v) is 18.5. The van der Waals surface area contributed by atoms with Crippen molar-refractivity contribution in [2.45, 2.75) is 39.5 Å². The molecule has 0 aliphatic heterocycles. The number of aryl methyl sites for hydroxylation is 1. The summed E-state index contributed by atoms with van der Waals surface area (Å²) in [6, 6.07) is 7.16. The Labute approximate surface area is 186 Å². The first kappa shape index (κ1) is 22.7. The van der Waals surface area contributed by atoms with Crippen molar-refractivity contribution >= 4 is 5.97 Å². The van der Waals surface area contributed by atoms with Crippen LogP contribution in [0.3, 0.4) is 0 Å². The van der Waals surface area contributed by atoms with Crippen LogP contribution >= 0.6 is 0 Å². The van der Waals surface area contributed by atoms with Crippen LogP contribution in [0, 0.1) is 11.3 Å². The second kappa shape index (κ2) is 10.4. The number of nitriles is 1. The molecule has 0 fully saturated rings. The Morgan fingerprint density at radius 2 is 1.94 bits per heavy atom. The van der Waals surface area contributed by atoms with Crippen LogP contribution < -0.4 is 14.2 Å². The summed E-state index contributed by atoms with van der Waals surface area (Å²) >= 11 is 0. The Hall–Kier alpha value is -3.93. The summed E-state index contributed by atoms with van der Waals surface area (Å²) in [6.07, 6.45) is 6.28. The summed E-state index contributed by atoms with van der Waals surface area (Å²) in [4.78, 5) is 19.8. The molecule has 0 atom stereocenters. The van der Waals surface area contributed by atoms with Crippen molar-refractivity contribution < 1.29 is 19.0 Å². The van der Waals surface area contributed by atoms with Gasteiger partial charge in [-0.25, -0.2) is 14.6 Å². The van der Waals surface area contributed by atoms with E-state index in [4.69, 9.17) is 19.5 Å². The predicted molar refractivity (Wildman–Crippen MR) is 116 cm³/mol. The fraction of sp³-hybridized carbons (Fsp3) is 0.348. The molecular weight excluding hydrogens is 410 g/mol. The quantitative estimate of drug-likeness (QED) is 0.285. The molecule has 0 N–H and O–H groups in total. The van der Waals surface area contributed by atoms with E-state index in [0.29, 0.717) is 41.8 Å². The van der Waals surface area contributed by atoms with E-state index in [1.54, 1.807) is 22.9 Å². The Morgan fingerprint density at radius 3 is 2.56 bits per heavy atom. The minimum atomic E-state index is -0.429. The molecule has 0 bridgehead atoms. The van der Waals surface area contributed by atoms with E-state index in [0.717, 1.165) is 17.7 Å². The third-order valence-corrected chi connectivity index (χ3v) is 4.59. The van der Waals surface area contributed by atoms with Gasteiger partial charge in [-0.15, -0.1) is 0 Å². The van der Waals surface area contributed by atoms with Gasteiger partial charge in [-0.3, -0.25) is 4.79 Å². The molecule has 9 nitrogen and oxygen atoms in total. The van der Waals surface area contributed by atoms with Gasteiger partial charge in [0.05, 0.1) is 37.4 Å². The van der Waals surface area contributed by atoms with Crippen LogP contribution in [-0.2, 0) is 11.2 Å². The smallest absolute Gasteiger partial charge is 0.308 e. The third kappa shape index (κ3) is 5.40. The van der Waals surface area contributed by atoms with Crippen LogP contribution in [0.1, 0.15) is 49.9 Å². The maximum Gasteiger partial charge on any atom is 0.308 e. The van der Waals surface area contributed by atoms with Gasteiger partial charge in [0.15, 0.2) is 11.5 Å². The predicted octanol–water partition coefficient (Wildman–Crippen LogP) is 3.60. The fourth-order valence-corrected chi connectivity index (χ4v) is 3.17. The highest BCUT2D eigenvalue weighted by Gasteiger charge is 2.16. The molecule has 166 valence electrons. The second-order valence-electron chi connectivity index (χ2n) is 7.36. The molecule has 0 aliphatic rings. The van der Waals surface area contributed by atoms with Crippen molar-refractivity contribution in [2.24, 2.45) is 0 Å². The highest BCUT2D eigenvalue weighted by atomic mass is 16.6. The number of esters is 1. The van der Waals surface area contributed by atoms with Gasteiger partial charge in [0.25, 0.3) is 5.95 Å². The molecule has 3 aromatic rings. The lowest BCUT2D eigenvalue weighted by Crippen LogP contribution is -2.07. The van der Waals surface area contributed by atoms with Gasteiger partial charge in [-0.2, -0.15) is 10.4 Å². The Bertz CT molecular complexity index is 1120. The number of hydrogen-bond donors (Lipinski definition) is 0. The van der Waals surface area contributed by atoms with E-state index in [9.17, 15) is 4.79 Å². The van der Waals surface area contributed by atoms with Crippen LogP contribution in [0.2, 0.25) is 0 Å². The highest BCUT2D eigenvalue weighted by Crippen LogP contribution is 2.37. The normalized spacial score (nSPS) is 10.6. The Balaban J connectivity index is 1.70. The molecular formula is C23H25N5O4. The minimum absolute atomic E-state index is 0.218. The summed E-state index contributed by atoms with van der Waals surface area (Å²) < 4.78 is 18.1. The number of carbonyl (C=O) groups excluding carboxylic acids is 1. The fourth-order valence-electron chi connectivity index (χ4n) is 3.17. The number of hydrogen-bond acceptors (Lipinski definition) is 8. The molecule has 9 heteroatoms. The second-order valence-corrected chi connectivity index (χ2v) is 7.36. The average molecular weight is 435 g/mol. The summed E-state index contributed by atoms with van der Waals surface area (Å²) in [7, 11) is 1.54. The van der Waals surface area contributed by atoms with Crippen LogP contribution in [0.15, 0.2) is 36.8 Å². The summed E-state index contributed by atoms with van der Waals surface area (Å²) in [5.74, 6) is 1.42. The van der Waals surface area contributed by atoms with Crippen LogP contribution in [0.5, 0.6) is 17.2 Å². The van der Waals surface area contributed by atoms with E-state index in [1.165, 1.54) is 26.4 Å². The van der Waals surface area contributed by atoms with Crippen molar-refractivity contribution in [1.29, 1.82) is 5.26 Å². The van der Waals surface area contributed by atoms with E-state index >= 15 is 0 Å². The van der Waals surface area contributed by atoms with E-state index in [2.05, 4.69) is 28.9 Å². The number of aromatic nitrogens is 4. The molecule has 0 saturated carbocycles. The highest BCUT2D eigenvalue weighted by molar-refractivity contribution is 5.71. The largest absolute Gasteiger partial charge is 0.493 e. The SMILES string of the molecule is COc1cccc(OC(C)=O)c1OCCCc1cn(-c2ncc(C#N)cn2)nc1C(C)C. The molecule has 0 aliphatic carbocycles. The number of rotatable bonds is 9. The van der Waals surface area contributed by atoms with Gasteiger partial charge in [0.2, 0.25) is 5.75 Å². The van der Waals surface area contributed by atoms with Crippen molar-refractivity contribution in [3.63, 3.8) is 0 Å². The van der Waals surface area contributed by atoms with Gasteiger partial charge in [-0.1, -0.05) is 19.9 Å². The molecule has 1 aromatic carbocycles. The van der Waals surface area contributed by atoms with Crippen molar-refractivity contribution in [1.82, 2.24) is 19.7 Å². The van der Waals surface area contributed by atoms with Crippen molar-refractivity contribution in [2.75, 3.05) is 13.7 Å². The number of benzene rings is 1. The van der Waals surface area contributed by atoms with Crippen molar-refractivity contribution in [3.05, 3.63) is 53.6 Å². The van der Waals surface area contributed by atoms with Gasteiger partial charge in [-0.05, 0) is 36.5 Å². The first-order valence-electron chi connectivity index (χ1n) is 10.2. The molecule has 2 aromatic heterocycles. The van der Waals surface area contributed by atoms with E-state index < -0.39 is 5.97 Å². The standard InChI is InChI=1S/C23H25N5O4/c1-15(2)21-18(14-28(27-21)23-25-12-17(11-24)13-26-23)7-6-10-31-22-19(30-4)8-5-9-20(22)32-16(3)29/h5,8-9,12-15H,6-7,10H2,1-4H3. The summed E-state index contributed by atoms with van der Waals surface area (Å²) in [5.41, 5.74) is 2.42. The van der Waals surface area contributed by atoms with Crippen LogP contribution in [0.25, 0.3) is 5.95 Å². The molecule has 0 saturated heterocycles. The maximum absolute atomic E-state index is 11.4. The number of carbonyl (C=O) groups is 1. The Morgan fingerprint density at radius 1 is 1.22 bits per heavy atom. The first-order chi connectivity index (χ1) is 15.4. The number of nitrogens with zero attached hydrogens (tertiary/aromatic N) is 5. The van der Waals surface area contributed by atoms with Crippen LogP contribution in [0.4, 0.5) is 0 Å². The van der Waals surface area contributed by atoms with E-state index in [-0.39, 0.29) is 5.92 Å². The zero-order valence-electron chi connectivity index (χ0n) is 18.5. The molecule has 0 spiro atoms. The topological polar surface area (TPSA) is 112 Å². The molecule has 3 rings (SSSR count). The van der Waals surface area contributed by atoms with E-state index in [1.807, 2.05) is 12.3 Å². The number of para-hydroxylation sites is 1. The minimum Gasteiger partial charge on any atom is -0.493 e. The van der Waals surface area contributed by atoms with Crippen molar-refractivity contribution in [3.8, 4) is 29.3 Å². The van der Waals surface area contributed by atoms with Gasteiger partial charge in [0.1, 0.15) is 6.07 Å². The molecule has 2 heterocycles.